The van der Waals surface area contributed by atoms with Crippen LogP contribution in [0.4, 0.5) is 13.2 Å². The predicted molar refractivity (Wildman–Crippen MR) is 79.2 cm³/mol. The average molecular weight is 381 g/mol. The minimum atomic E-state index is -4.88. The van der Waals surface area contributed by atoms with E-state index in [9.17, 15) is 23.1 Å². The summed E-state index contributed by atoms with van der Waals surface area (Å²) in [6.07, 6.45) is -2.13. The summed E-state index contributed by atoms with van der Waals surface area (Å²) in [5, 5.41) is 13.0. The number of ether oxygens (including phenoxy) is 1. The molecule has 0 bridgehead atoms. The van der Waals surface area contributed by atoms with Gasteiger partial charge in [0.2, 0.25) is 0 Å². The van der Waals surface area contributed by atoms with Gasteiger partial charge < -0.3 is 9.84 Å². The molecule has 1 aromatic heterocycles. The second kappa shape index (κ2) is 5.86. The van der Waals surface area contributed by atoms with E-state index in [4.69, 9.17) is 23.2 Å². The SMILES string of the molecule is O=C(O)c1cnn(-c2c(Cl)cc(OC(F)(F)F)cc2Cl)c1C1CC1. The van der Waals surface area contributed by atoms with E-state index in [0.29, 0.717) is 5.69 Å². The monoisotopic (exact) mass is 380 g/mol. The fourth-order valence-electron chi connectivity index (χ4n) is 2.39. The molecule has 1 N–H and O–H groups in total. The largest absolute Gasteiger partial charge is 0.573 e. The quantitative estimate of drug-likeness (QED) is 0.837. The van der Waals surface area contributed by atoms with Gasteiger partial charge in [-0.15, -0.1) is 13.2 Å². The molecule has 1 fully saturated rings. The van der Waals surface area contributed by atoms with Gasteiger partial charge in [-0.25, -0.2) is 9.48 Å². The molecule has 0 radical (unpaired) electrons. The lowest BCUT2D eigenvalue weighted by Gasteiger charge is -2.14. The number of aromatic nitrogens is 2. The molecule has 1 saturated carbocycles. The Bertz CT molecular complexity index is 793. The summed E-state index contributed by atoms with van der Waals surface area (Å²) >= 11 is 12.1. The molecule has 5 nitrogen and oxygen atoms in total. The number of benzene rings is 1. The molecule has 1 heterocycles. The van der Waals surface area contributed by atoms with Gasteiger partial charge in [0, 0.05) is 18.1 Å². The molecule has 0 spiro atoms. The Morgan fingerprint density at radius 3 is 2.33 bits per heavy atom. The van der Waals surface area contributed by atoms with Crippen molar-refractivity contribution in [2.75, 3.05) is 0 Å². The second-order valence-electron chi connectivity index (χ2n) is 5.22. The number of hydrogen-bond donors (Lipinski definition) is 1. The highest BCUT2D eigenvalue weighted by molar-refractivity contribution is 6.38. The summed E-state index contributed by atoms with van der Waals surface area (Å²) in [6, 6.07) is 1.91. The van der Waals surface area contributed by atoms with Gasteiger partial charge in [-0.3, -0.25) is 0 Å². The van der Waals surface area contributed by atoms with Gasteiger partial charge in [-0.2, -0.15) is 5.10 Å². The van der Waals surface area contributed by atoms with Gasteiger partial charge in [0.15, 0.2) is 0 Å². The van der Waals surface area contributed by atoms with Gasteiger partial charge in [-0.1, -0.05) is 23.2 Å². The maximum atomic E-state index is 12.3. The molecule has 0 unspecified atom stereocenters. The molecule has 0 saturated heterocycles. The van der Waals surface area contributed by atoms with Gasteiger partial charge >= 0.3 is 12.3 Å². The molecule has 2 aromatic rings. The molecule has 0 amide bonds. The van der Waals surface area contributed by atoms with Crippen LogP contribution in [0.15, 0.2) is 18.3 Å². The molecule has 10 heteroatoms. The highest BCUT2D eigenvalue weighted by Gasteiger charge is 2.35. The van der Waals surface area contributed by atoms with E-state index in [2.05, 4.69) is 9.84 Å². The number of carboxylic acids is 1. The number of carboxylic acid groups (broad SMARTS) is 1. The Hall–Kier alpha value is -1.93. The molecular formula is C14H9Cl2F3N2O3. The van der Waals surface area contributed by atoms with Gasteiger partial charge in [-0.05, 0) is 12.8 Å². The minimum Gasteiger partial charge on any atom is -0.478 e. The molecular weight excluding hydrogens is 372 g/mol. The highest BCUT2D eigenvalue weighted by Crippen LogP contribution is 2.44. The molecule has 1 aromatic carbocycles. The van der Waals surface area contributed by atoms with Crippen molar-refractivity contribution >= 4 is 29.2 Å². The van der Waals surface area contributed by atoms with E-state index in [1.54, 1.807) is 0 Å². The van der Waals surface area contributed by atoms with E-state index in [-0.39, 0.29) is 27.2 Å². The number of nitrogens with zero attached hydrogens (tertiary/aromatic N) is 2. The van der Waals surface area contributed by atoms with Crippen LogP contribution in [0, 0.1) is 0 Å². The van der Waals surface area contributed by atoms with Crippen molar-refractivity contribution in [3.63, 3.8) is 0 Å². The normalized spacial score (nSPS) is 14.7. The maximum Gasteiger partial charge on any atom is 0.573 e. The first kappa shape index (κ1) is 16.9. The number of aromatic carboxylic acids is 1. The molecule has 0 aliphatic heterocycles. The lowest BCUT2D eigenvalue weighted by molar-refractivity contribution is -0.274. The summed E-state index contributed by atoms with van der Waals surface area (Å²) in [4.78, 5) is 11.3. The third kappa shape index (κ3) is 3.29. The zero-order chi connectivity index (χ0) is 17.6. The van der Waals surface area contributed by atoms with Crippen LogP contribution in [0.2, 0.25) is 10.0 Å². The standard InChI is InChI=1S/C14H9Cl2F3N2O3/c15-9-3-7(24-14(17,18)19)4-10(16)12(9)21-11(6-1-2-6)8(5-20-21)13(22)23/h3-6H,1-2H2,(H,22,23). The second-order valence-corrected chi connectivity index (χ2v) is 6.03. The van der Waals surface area contributed by atoms with E-state index in [1.165, 1.54) is 10.9 Å². The van der Waals surface area contributed by atoms with Crippen molar-refractivity contribution in [2.24, 2.45) is 0 Å². The fraction of sp³-hybridized carbons (Fsp3) is 0.286. The lowest BCUT2D eigenvalue weighted by Crippen LogP contribution is -2.17. The summed E-state index contributed by atoms with van der Waals surface area (Å²) < 4.78 is 42.0. The third-order valence-corrected chi connectivity index (χ3v) is 4.01. The first-order chi connectivity index (χ1) is 11.2. The van der Waals surface area contributed by atoms with E-state index < -0.39 is 18.1 Å². The molecule has 3 rings (SSSR count). The van der Waals surface area contributed by atoms with Crippen LogP contribution in [0.3, 0.4) is 0 Å². The molecule has 1 aliphatic rings. The number of halogens is 5. The van der Waals surface area contributed by atoms with Crippen LogP contribution < -0.4 is 4.74 Å². The third-order valence-electron chi connectivity index (χ3n) is 3.44. The lowest BCUT2D eigenvalue weighted by atomic mass is 10.1. The summed E-state index contributed by atoms with van der Waals surface area (Å²) in [6.45, 7) is 0. The molecule has 128 valence electrons. The van der Waals surface area contributed by atoms with Crippen molar-refractivity contribution in [3.05, 3.63) is 39.6 Å². The smallest absolute Gasteiger partial charge is 0.478 e. The van der Waals surface area contributed by atoms with E-state index >= 15 is 0 Å². The molecule has 24 heavy (non-hydrogen) atoms. The number of rotatable bonds is 4. The minimum absolute atomic E-state index is 0.00293. The summed E-state index contributed by atoms with van der Waals surface area (Å²) in [5.41, 5.74) is 0.554. The van der Waals surface area contributed by atoms with Crippen LogP contribution >= 0.6 is 23.2 Å². The molecule has 1 aliphatic carbocycles. The van der Waals surface area contributed by atoms with Crippen LogP contribution in [0.25, 0.3) is 5.69 Å². The Balaban J connectivity index is 2.09. The Morgan fingerprint density at radius 2 is 1.88 bits per heavy atom. The maximum absolute atomic E-state index is 12.3. The van der Waals surface area contributed by atoms with E-state index in [1.807, 2.05) is 0 Å². The first-order valence-electron chi connectivity index (χ1n) is 6.73. The van der Waals surface area contributed by atoms with Crippen LogP contribution in [-0.4, -0.2) is 27.2 Å². The van der Waals surface area contributed by atoms with Crippen molar-refractivity contribution in [1.29, 1.82) is 0 Å². The van der Waals surface area contributed by atoms with E-state index in [0.717, 1.165) is 25.0 Å². The van der Waals surface area contributed by atoms with Crippen LogP contribution in [-0.2, 0) is 0 Å². The van der Waals surface area contributed by atoms with Crippen LogP contribution in [0.1, 0.15) is 34.8 Å². The Morgan fingerprint density at radius 1 is 1.29 bits per heavy atom. The van der Waals surface area contributed by atoms with Crippen molar-refractivity contribution in [2.45, 2.75) is 25.1 Å². The first-order valence-corrected chi connectivity index (χ1v) is 7.49. The summed E-state index contributed by atoms with van der Waals surface area (Å²) in [5.74, 6) is -1.72. The number of carbonyl (C=O) groups is 1. The number of hydrogen-bond acceptors (Lipinski definition) is 3. The van der Waals surface area contributed by atoms with Gasteiger partial charge in [0.1, 0.15) is 17.0 Å². The zero-order valence-corrected chi connectivity index (χ0v) is 13.3. The van der Waals surface area contributed by atoms with Gasteiger partial charge in [0.05, 0.1) is 21.9 Å². The predicted octanol–water partition coefficient (Wildman–Crippen LogP) is 4.65. The Kier molecular flexibility index (Phi) is 4.13. The van der Waals surface area contributed by atoms with Gasteiger partial charge in [0.25, 0.3) is 0 Å². The Labute approximate surface area is 143 Å². The fourth-order valence-corrected chi connectivity index (χ4v) is 3.01. The number of alkyl halides is 3. The molecule has 0 atom stereocenters. The summed E-state index contributed by atoms with van der Waals surface area (Å²) in [7, 11) is 0. The van der Waals surface area contributed by atoms with Crippen molar-refractivity contribution in [3.8, 4) is 11.4 Å². The average Bonchev–Trinajstić information content (AvgIpc) is 3.16. The van der Waals surface area contributed by atoms with Crippen molar-refractivity contribution < 1.29 is 27.8 Å². The zero-order valence-electron chi connectivity index (χ0n) is 11.8. The highest BCUT2D eigenvalue weighted by atomic mass is 35.5. The van der Waals surface area contributed by atoms with Crippen LogP contribution in [0.5, 0.6) is 5.75 Å². The van der Waals surface area contributed by atoms with Crippen molar-refractivity contribution in [1.82, 2.24) is 9.78 Å². The topological polar surface area (TPSA) is 64.3 Å².